The Morgan fingerprint density at radius 1 is 1.29 bits per heavy atom. The fourth-order valence-electron chi connectivity index (χ4n) is 1.38. The molecule has 0 bridgehead atoms. The molecule has 0 spiro atoms. The first-order valence-corrected chi connectivity index (χ1v) is 4.73. The van der Waals surface area contributed by atoms with E-state index in [1.165, 1.54) is 5.56 Å². The molecule has 3 nitrogen and oxygen atoms in total. The lowest BCUT2D eigenvalue weighted by Gasteiger charge is -2.19. The Morgan fingerprint density at radius 2 is 1.93 bits per heavy atom. The number of benzene rings is 1. The van der Waals surface area contributed by atoms with E-state index >= 15 is 0 Å². The summed E-state index contributed by atoms with van der Waals surface area (Å²) in [6.45, 7) is 1.10. The zero-order valence-corrected chi connectivity index (χ0v) is 8.43. The van der Waals surface area contributed by atoms with Crippen LogP contribution in [-0.2, 0) is 6.54 Å². The maximum absolute atomic E-state index is 9.21. The Bertz CT molecular complexity index is 251. The molecule has 0 aromatic heterocycles. The summed E-state index contributed by atoms with van der Waals surface area (Å²) in [6.07, 6.45) is -0.649. The van der Waals surface area contributed by atoms with Crippen molar-refractivity contribution in [2.24, 2.45) is 0 Å². The molecule has 3 heteroatoms. The predicted octanol–water partition coefficient (Wildman–Crippen LogP) is 0.472. The Kier molecular flexibility index (Phi) is 4.59. The largest absolute Gasteiger partial charge is 0.394 e. The van der Waals surface area contributed by atoms with Gasteiger partial charge < -0.3 is 10.2 Å². The van der Waals surface area contributed by atoms with E-state index in [9.17, 15) is 5.11 Å². The average molecular weight is 195 g/mol. The van der Waals surface area contributed by atoms with Crippen LogP contribution in [0.4, 0.5) is 0 Å². The van der Waals surface area contributed by atoms with Gasteiger partial charge >= 0.3 is 0 Å². The second-order valence-corrected chi connectivity index (χ2v) is 3.52. The van der Waals surface area contributed by atoms with Crippen molar-refractivity contribution in [2.45, 2.75) is 12.6 Å². The second kappa shape index (κ2) is 5.75. The quantitative estimate of drug-likeness (QED) is 0.718. The standard InChI is InChI=1S/C11H17NO2/c1-12(8-11(14)9-13)7-10-5-3-2-4-6-10/h2-6,11,13-14H,7-9H2,1H3/t11-/m0/s1. The van der Waals surface area contributed by atoms with Gasteiger partial charge in [0.25, 0.3) is 0 Å². The predicted molar refractivity (Wildman–Crippen MR) is 55.9 cm³/mol. The first-order chi connectivity index (χ1) is 6.72. The summed E-state index contributed by atoms with van der Waals surface area (Å²) in [4.78, 5) is 1.98. The second-order valence-electron chi connectivity index (χ2n) is 3.52. The topological polar surface area (TPSA) is 43.7 Å². The molecule has 0 aliphatic heterocycles. The lowest BCUT2D eigenvalue weighted by atomic mass is 10.2. The number of aliphatic hydroxyl groups is 2. The first-order valence-electron chi connectivity index (χ1n) is 4.73. The van der Waals surface area contributed by atoms with Gasteiger partial charge in [-0.2, -0.15) is 0 Å². The van der Waals surface area contributed by atoms with Crippen molar-refractivity contribution in [1.82, 2.24) is 4.90 Å². The lowest BCUT2D eigenvalue weighted by molar-refractivity contribution is 0.0648. The third-order valence-electron chi connectivity index (χ3n) is 2.03. The van der Waals surface area contributed by atoms with Crippen LogP contribution >= 0.6 is 0 Å². The van der Waals surface area contributed by atoms with Crippen molar-refractivity contribution < 1.29 is 10.2 Å². The maximum atomic E-state index is 9.21. The van der Waals surface area contributed by atoms with E-state index in [1.54, 1.807) is 0 Å². The minimum atomic E-state index is -0.649. The minimum absolute atomic E-state index is 0.181. The molecular formula is C11H17NO2. The van der Waals surface area contributed by atoms with E-state index in [0.29, 0.717) is 6.54 Å². The molecule has 0 aliphatic carbocycles. The van der Waals surface area contributed by atoms with Crippen LogP contribution in [-0.4, -0.2) is 41.4 Å². The van der Waals surface area contributed by atoms with Crippen LogP contribution in [0.5, 0.6) is 0 Å². The summed E-state index contributed by atoms with van der Waals surface area (Å²) in [5.74, 6) is 0. The Morgan fingerprint density at radius 3 is 2.50 bits per heavy atom. The zero-order valence-electron chi connectivity index (χ0n) is 8.43. The molecular weight excluding hydrogens is 178 g/mol. The molecule has 0 saturated heterocycles. The monoisotopic (exact) mass is 195 g/mol. The van der Waals surface area contributed by atoms with Gasteiger partial charge in [0.05, 0.1) is 12.7 Å². The van der Waals surface area contributed by atoms with Gasteiger partial charge in [0, 0.05) is 13.1 Å². The minimum Gasteiger partial charge on any atom is -0.394 e. The van der Waals surface area contributed by atoms with Crippen LogP contribution < -0.4 is 0 Å². The first kappa shape index (κ1) is 11.2. The van der Waals surface area contributed by atoms with Crippen molar-refractivity contribution in [3.63, 3.8) is 0 Å². The van der Waals surface area contributed by atoms with E-state index in [0.717, 1.165) is 6.54 Å². The summed E-state index contributed by atoms with van der Waals surface area (Å²) < 4.78 is 0. The highest BCUT2D eigenvalue weighted by Crippen LogP contribution is 2.02. The number of rotatable bonds is 5. The SMILES string of the molecule is CN(Cc1ccccc1)C[C@H](O)CO. The molecule has 2 N–H and O–H groups in total. The molecule has 0 amide bonds. The summed E-state index contributed by atoms with van der Waals surface area (Å²) in [5, 5.41) is 17.9. The maximum Gasteiger partial charge on any atom is 0.0897 e. The molecule has 0 fully saturated rings. The van der Waals surface area contributed by atoms with Crippen LogP contribution in [0.3, 0.4) is 0 Å². The van der Waals surface area contributed by atoms with Gasteiger partial charge in [-0.15, -0.1) is 0 Å². The fraction of sp³-hybridized carbons (Fsp3) is 0.455. The number of hydrogen-bond acceptors (Lipinski definition) is 3. The van der Waals surface area contributed by atoms with Gasteiger partial charge in [0.1, 0.15) is 0 Å². The Balaban J connectivity index is 2.37. The van der Waals surface area contributed by atoms with Gasteiger partial charge in [-0.3, -0.25) is 4.90 Å². The summed E-state index contributed by atoms with van der Waals surface area (Å²) in [6, 6.07) is 10.0. The third-order valence-corrected chi connectivity index (χ3v) is 2.03. The Labute approximate surface area is 84.6 Å². The molecule has 1 aromatic carbocycles. The van der Waals surface area contributed by atoms with Crippen molar-refractivity contribution in [2.75, 3.05) is 20.2 Å². The molecule has 1 atom stereocenters. The number of nitrogens with zero attached hydrogens (tertiary/aromatic N) is 1. The average Bonchev–Trinajstić information content (AvgIpc) is 2.19. The molecule has 0 unspecified atom stereocenters. The van der Waals surface area contributed by atoms with E-state index in [4.69, 9.17) is 5.11 Å². The van der Waals surface area contributed by atoms with E-state index in [2.05, 4.69) is 0 Å². The molecule has 0 aliphatic rings. The molecule has 0 radical (unpaired) electrons. The normalized spacial score (nSPS) is 13.1. The summed E-state index contributed by atoms with van der Waals surface area (Å²) in [7, 11) is 1.92. The van der Waals surface area contributed by atoms with Crippen LogP contribution in [0.25, 0.3) is 0 Å². The number of likely N-dealkylation sites (N-methyl/N-ethyl adjacent to an activating group) is 1. The van der Waals surface area contributed by atoms with Gasteiger partial charge in [-0.05, 0) is 12.6 Å². The summed E-state index contributed by atoms with van der Waals surface area (Å²) >= 11 is 0. The van der Waals surface area contributed by atoms with Crippen molar-refractivity contribution in [3.05, 3.63) is 35.9 Å². The van der Waals surface area contributed by atoms with Crippen molar-refractivity contribution in [3.8, 4) is 0 Å². The smallest absolute Gasteiger partial charge is 0.0897 e. The molecule has 0 heterocycles. The van der Waals surface area contributed by atoms with Gasteiger partial charge in [-0.25, -0.2) is 0 Å². The fourth-order valence-corrected chi connectivity index (χ4v) is 1.38. The van der Waals surface area contributed by atoms with Gasteiger partial charge in [0.2, 0.25) is 0 Å². The molecule has 0 saturated carbocycles. The summed E-state index contributed by atoms with van der Waals surface area (Å²) in [5.41, 5.74) is 1.21. The Hall–Kier alpha value is -0.900. The van der Waals surface area contributed by atoms with Crippen LogP contribution in [0.15, 0.2) is 30.3 Å². The molecule has 78 valence electrons. The molecule has 1 rings (SSSR count). The highest BCUT2D eigenvalue weighted by molar-refractivity contribution is 5.14. The van der Waals surface area contributed by atoms with Gasteiger partial charge in [-0.1, -0.05) is 30.3 Å². The highest BCUT2D eigenvalue weighted by Gasteiger charge is 2.06. The van der Waals surface area contributed by atoms with Crippen LogP contribution in [0.2, 0.25) is 0 Å². The van der Waals surface area contributed by atoms with Gasteiger partial charge in [0.15, 0.2) is 0 Å². The van der Waals surface area contributed by atoms with E-state index < -0.39 is 6.10 Å². The van der Waals surface area contributed by atoms with Crippen molar-refractivity contribution >= 4 is 0 Å². The van der Waals surface area contributed by atoms with E-state index in [-0.39, 0.29) is 6.61 Å². The highest BCUT2D eigenvalue weighted by atomic mass is 16.3. The van der Waals surface area contributed by atoms with E-state index in [1.807, 2.05) is 42.3 Å². The van der Waals surface area contributed by atoms with Crippen molar-refractivity contribution in [1.29, 1.82) is 0 Å². The number of aliphatic hydroxyl groups excluding tert-OH is 2. The van der Waals surface area contributed by atoms with Crippen LogP contribution in [0, 0.1) is 0 Å². The molecule has 14 heavy (non-hydrogen) atoms. The zero-order chi connectivity index (χ0) is 10.4. The van der Waals surface area contributed by atoms with Crippen LogP contribution in [0.1, 0.15) is 5.56 Å². The third kappa shape index (κ3) is 3.87. The number of hydrogen-bond donors (Lipinski definition) is 2. The lowest BCUT2D eigenvalue weighted by Crippen LogP contribution is -2.30. The molecule has 1 aromatic rings.